The Labute approximate surface area is 147 Å². The molecule has 0 fully saturated rings. The van der Waals surface area contributed by atoms with E-state index in [0.29, 0.717) is 0 Å². The van der Waals surface area contributed by atoms with Gasteiger partial charge in [-0.1, -0.05) is 32.3 Å². The minimum Gasteiger partial charge on any atom is -0.354 e. The maximum Gasteiger partial charge on any atom is 0.269 e. The first-order chi connectivity index (χ1) is 11.9. The molecule has 0 aliphatic rings. The monoisotopic (exact) mass is 351 g/mol. The van der Waals surface area contributed by atoms with E-state index in [0.717, 1.165) is 31.7 Å². The van der Waals surface area contributed by atoms with Crippen molar-refractivity contribution in [3.8, 4) is 0 Å². The van der Waals surface area contributed by atoms with Crippen LogP contribution in [0.5, 0.6) is 0 Å². The molecule has 0 heterocycles. The summed E-state index contributed by atoms with van der Waals surface area (Å²) in [5, 5.41) is 2.84. The van der Waals surface area contributed by atoms with Crippen molar-refractivity contribution in [2.24, 2.45) is 0 Å². The summed E-state index contributed by atoms with van der Waals surface area (Å²) in [7, 11) is 0. The van der Waals surface area contributed by atoms with Gasteiger partial charge in [-0.05, 0) is 31.5 Å². The van der Waals surface area contributed by atoms with Gasteiger partial charge >= 0.3 is 0 Å². The van der Waals surface area contributed by atoms with E-state index in [-0.39, 0.29) is 30.4 Å². The van der Waals surface area contributed by atoms with Crippen LogP contribution in [-0.2, 0) is 9.59 Å². The third kappa shape index (κ3) is 8.83. The molecule has 0 spiro atoms. The Morgan fingerprint density at radius 2 is 1.80 bits per heavy atom. The number of hydrogen-bond acceptors (Lipinski definition) is 3. The van der Waals surface area contributed by atoms with E-state index in [1.54, 1.807) is 0 Å². The normalized spacial score (nSPS) is 11.5. The summed E-state index contributed by atoms with van der Waals surface area (Å²) < 4.78 is 13.0. The molecule has 0 unspecified atom stereocenters. The van der Waals surface area contributed by atoms with Gasteiger partial charge in [0.1, 0.15) is 5.82 Å². The first kappa shape index (κ1) is 20.6. The Hall–Kier alpha value is -2.44. The molecule has 0 aliphatic heterocycles. The number of carbonyl (C=O) groups is 3. The first-order valence-corrected chi connectivity index (χ1v) is 8.56. The SMILES string of the molecule is CCCCC[C@H](C)NC(=O)CCC(=O)NNC(=O)c1cccc(F)c1. The van der Waals surface area contributed by atoms with Crippen LogP contribution in [0.4, 0.5) is 4.39 Å². The zero-order valence-electron chi connectivity index (χ0n) is 14.7. The van der Waals surface area contributed by atoms with Gasteiger partial charge in [-0.3, -0.25) is 25.2 Å². The Morgan fingerprint density at radius 3 is 2.48 bits per heavy atom. The number of hydrazine groups is 1. The van der Waals surface area contributed by atoms with E-state index in [4.69, 9.17) is 0 Å². The van der Waals surface area contributed by atoms with Crippen LogP contribution >= 0.6 is 0 Å². The summed E-state index contributed by atoms with van der Waals surface area (Å²) >= 11 is 0. The molecule has 25 heavy (non-hydrogen) atoms. The lowest BCUT2D eigenvalue weighted by Gasteiger charge is -2.13. The van der Waals surface area contributed by atoms with E-state index in [9.17, 15) is 18.8 Å². The van der Waals surface area contributed by atoms with Crippen LogP contribution in [0, 0.1) is 5.82 Å². The Morgan fingerprint density at radius 1 is 1.08 bits per heavy atom. The fourth-order valence-electron chi connectivity index (χ4n) is 2.24. The van der Waals surface area contributed by atoms with E-state index in [2.05, 4.69) is 23.1 Å². The van der Waals surface area contributed by atoms with Crippen LogP contribution in [-0.4, -0.2) is 23.8 Å². The lowest BCUT2D eigenvalue weighted by atomic mass is 10.1. The summed E-state index contributed by atoms with van der Waals surface area (Å²) in [4.78, 5) is 35.2. The van der Waals surface area contributed by atoms with Crippen molar-refractivity contribution in [3.63, 3.8) is 0 Å². The minimum absolute atomic E-state index is 0.0415. The molecule has 0 saturated heterocycles. The van der Waals surface area contributed by atoms with Crippen LogP contribution in [0.25, 0.3) is 0 Å². The molecule has 138 valence electrons. The van der Waals surface area contributed by atoms with Crippen molar-refractivity contribution in [1.82, 2.24) is 16.2 Å². The standard InChI is InChI=1S/C18H26FN3O3/c1-3-4-5-7-13(2)20-16(23)10-11-17(24)21-22-18(25)14-8-6-9-15(19)12-14/h6,8-9,12-13H,3-5,7,10-11H2,1-2H3,(H,20,23)(H,21,24)(H,22,25)/t13-/m0/s1. The second-order valence-electron chi connectivity index (χ2n) is 5.98. The maximum atomic E-state index is 13.0. The van der Waals surface area contributed by atoms with Gasteiger partial charge in [0.25, 0.3) is 5.91 Å². The number of rotatable bonds is 9. The zero-order valence-corrected chi connectivity index (χ0v) is 14.7. The Kier molecular flexibility index (Phi) is 9.21. The molecule has 1 aromatic carbocycles. The van der Waals surface area contributed by atoms with E-state index < -0.39 is 17.6 Å². The predicted octanol–water partition coefficient (Wildman–Crippen LogP) is 2.45. The summed E-state index contributed by atoms with van der Waals surface area (Å²) in [6.45, 7) is 4.06. The minimum atomic E-state index is -0.623. The van der Waals surface area contributed by atoms with Crippen LogP contribution in [0.1, 0.15) is 62.7 Å². The molecule has 0 saturated carbocycles. The molecule has 0 aliphatic carbocycles. The molecule has 0 radical (unpaired) electrons. The summed E-state index contributed by atoms with van der Waals surface area (Å²) in [6, 6.07) is 5.19. The largest absolute Gasteiger partial charge is 0.354 e. The van der Waals surface area contributed by atoms with Gasteiger partial charge in [-0.2, -0.15) is 0 Å². The van der Waals surface area contributed by atoms with Gasteiger partial charge in [-0.15, -0.1) is 0 Å². The Bertz CT molecular complexity index is 593. The van der Waals surface area contributed by atoms with Crippen molar-refractivity contribution in [2.45, 2.75) is 58.4 Å². The number of amides is 3. The topological polar surface area (TPSA) is 87.3 Å². The van der Waals surface area contributed by atoms with Gasteiger partial charge in [0.05, 0.1) is 0 Å². The highest BCUT2D eigenvalue weighted by Crippen LogP contribution is 2.04. The highest BCUT2D eigenvalue weighted by Gasteiger charge is 2.11. The highest BCUT2D eigenvalue weighted by molar-refractivity contribution is 5.95. The maximum absolute atomic E-state index is 13.0. The summed E-state index contributed by atoms with van der Waals surface area (Å²) in [5.74, 6) is -1.85. The number of unbranched alkanes of at least 4 members (excludes halogenated alkanes) is 2. The lowest BCUT2D eigenvalue weighted by Crippen LogP contribution is -2.42. The van der Waals surface area contributed by atoms with E-state index >= 15 is 0 Å². The quantitative estimate of drug-likeness (QED) is 0.472. The van der Waals surface area contributed by atoms with Gasteiger partial charge in [0, 0.05) is 24.4 Å². The Balaban J connectivity index is 2.23. The molecule has 1 atom stereocenters. The molecule has 1 aromatic rings. The summed E-state index contributed by atoms with van der Waals surface area (Å²) in [6.07, 6.45) is 4.23. The van der Waals surface area contributed by atoms with E-state index in [1.807, 2.05) is 6.92 Å². The summed E-state index contributed by atoms with van der Waals surface area (Å²) in [5.41, 5.74) is 4.49. The molecule has 7 heteroatoms. The molecule has 1 rings (SSSR count). The van der Waals surface area contributed by atoms with Crippen molar-refractivity contribution in [1.29, 1.82) is 0 Å². The third-order valence-electron chi connectivity index (χ3n) is 3.63. The number of carbonyl (C=O) groups excluding carboxylic acids is 3. The number of hydrogen-bond donors (Lipinski definition) is 3. The van der Waals surface area contributed by atoms with Crippen molar-refractivity contribution in [2.75, 3.05) is 0 Å². The van der Waals surface area contributed by atoms with Crippen molar-refractivity contribution in [3.05, 3.63) is 35.6 Å². The van der Waals surface area contributed by atoms with E-state index in [1.165, 1.54) is 18.2 Å². The number of benzene rings is 1. The van der Waals surface area contributed by atoms with Crippen LogP contribution < -0.4 is 16.2 Å². The average molecular weight is 351 g/mol. The molecule has 0 aromatic heterocycles. The van der Waals surface area contributed by atoms with Gasteiger partial charge < -0.3 is 5.32 Å². The van der Waals surface area contributed by atoms with Gasteiger partial charge in [0.15, 0.2) is 0 Å². The smallest absolute Gasteiger partial charge is 0.269 e. The van der Waals surface area contributed by atoms with Crippen LogP contribution in [0.3, 0.4) is 0 Å². The molecule has 0 bridgehead atoms. The van der Waals surface area contributed by atoms with Gasteiger partial charge in [0.2, 0.25) is 11.8 Å². The fourth-order valence-corrected chi connectivity index (χ4v) is 2.24. The second-order valence-corrected chi connectivity index (χ2v) is 5.98. The molecule has 3 N–H and O–H groups in total. The predicted molar refractivity (Wildman–Crippen MR) is 93.0 cm³/mol. The van der Waals surface area contributed by atoms with Crippen LogP contribution in [0.15, 0.2) is 24.3 Å². The second kappa shape index (κ2) is 11.2. The van der Waals surface area contributed by atoms with Gasteiger partial charge in [-0.25, -0.2) is 4.39 Å². The third-order valence-corrected chi connectivity index (χ3v) is 3.63. The van der Waals surface area contributed by atoms with Crippen LogP contribution in [0.2, 0.25) is 0 Å². The molecule has 3 amide bonds. The molecular formula is C18H26FN3O3. The molecular weight excluding hydrogens is 325 g/mol. The highest BCUT2D eigenvalue weighted by atomic mass is 19.1. The first-order valence-electron chi connectivity index (χ1n) is 8.56. The van der Waals surface area contributed by atoms with Crippen molar-refractivity contribution >= 4 is 17.7 Å². The zero-order chi connectivity index (χ0) is 18.7. The fraction of sp³-hybridized carbons (Fsp3) is 0.500. The average Bonchev–Trinajstić information content (AvgIpc) is 2.58. The number of nitrogens with one attached hydrogen (secondary N) is 3. The van der Waals surface area contributed by atoms with Crippen molar-refractivity contribution < 1.29 is 18.8 Å². The number of halogens is 1. The lowest BCUT2D eigenvalue weighted by molar-refractivity contribution is -0.127. The molecule has 6 nitrogen and oxygen atoms in total.